The second-order valence-corrected chi connectivity index (χ2v) is 5.87. The molecule has 0 aliphatic carbocycles. The lowest BCUT2D eigenvalue weighted by molar-refractivity contribution is 0.0994. The van der Waals surface area contributed by atoms with Crippen molar-refractivity contribution in [3.8, 4) is 0 Å². The van der Waals surface area contributed by atoms with Gasteiger partial charge in [-0.2, -0.15) is 0 Å². The van der Waals surface area contributed by atoms with Crippen LogP contribution in [0.4, 0.5) is 0 Å². The van der Waals surface area contributed by atoms with Crippen LogP contribution in [0.2, 0.25) is 0 Å². The second-order valence-electron chi connectivity index (χ2n) is 3.60. The summed E-state index contributed by atoms with van der Waals surface area (Å²) in [5, 5.41) is 2.89. The highest BCUT2D eigenvalue weighted by Crippen LogP contribution is 2.44. The molecule has 0 aromatic heterocycles. The van der Waals surface area contributed by atoms with Gasteiger partial charge in [0.25, 0.3) is 0 Å². The molecule has 0 aliphatic heterocycles. The molecule has 0 rings (SSSR count). The van der Waals surface area contributed by atoms with Crippen LogP contribution in [0, 0.1) is 0 Å². The van der Waals surface area contributed by atoms with Gasteiger partial charge in [-0.15, -0.1) is 0 Å². The van der Waals surface area contributed by atoms with Crippen LogP contribution in [0.1, 0.15) is 20.8 Å². The number of hydrogen-bond donors (Lipinski definition) is 2. The van der Waals surface area contributed by atoms with Gasteiger partial charge in [0, 0.05) is 19.5 Å². The summed E-state index contributed by atoms with van der Waals surface area (Å²) in [5.41, 5.74) is 5.25. The molecule has 1 unspecified atom stereocenters. The maximum Gasteiger partial charge on any atom is 0.459 e. The van der Waals surface area contributed by atoms with Crippen molar-refractivity contribution in [3.63, 3.8) is 0 Å². The van der Waals surface area contributed by atoms with E-state index in [0.717, 1.165) is 0 Å². The van der Waals surface area contributed by atoms with Crippen LogP contribution in [0.3, 0.4) is 0 Å². The van der Waals surface area contributed by atoms with Gasteiger partial charge >= 0.3 is 7.75 Å². The van der Waals surface area contributed by atoms with Crippen molar-refractivity contribution in [2.45, 2.75) is 26.8 Å². The average molecular weight is 284 g/mol. The van der Waals surface area contributed by atoms with Gasteiger partial charge in [0.05, 0.1) is 19.8 Å². The number of nitrogens with two attached hydrogens (primary N) is 1. The number of hydrogen-bond acceptors (Lipinski definition) is 6. The summed E-state index contributed by atoms with van der Waals surface area (Å²) < 4.78 is 27.4. The van der Waals surface area contributed by atoms with E-state index >= 15 is 0 Å². The van der Waals surface area contributed by atoms with Crippen LogP contribution in [-0.2, 0) is 18.3 Å². The van der Waals surface area contributed by atoms with E-state index in [2.05, 4.69) is 5.09 Å². The van der Waals surface area contributed by atoms with E-state index in [0.29, 0.717) is 19.8 Å². The van der Waals surface area contributed by atoms with Crippen molar-refractivity contribution in [2.75, 3.05) is 26.4 Å². The predicted molar refractivity (Wildman–Crippen MR) is 71.1 cm³/mol. The molecule has 17 heavy (non-hydrogen) atoms. The van der Waals surface area contributed by atoms with E-state index in [9.17, 15) is 4.57 Å². The van der Waals surface area contributed by atoms with Crippen molar-refractivity contribution in [2.24, 2.45) is 5.73 Å². The molecule has 0 aromatic carbocycles. The fourth-order valence-electron chi connectivity index (χ4n) is 0.977. The number of nitrogens with one attached hydrogen (secondary N) is 1. The van der Waals surface area contributed by atoms with Gasteiger partial charge in [-0.25, -0.2) is 9.65 Å². The minimum absolute atomic E-state index is 0.0415. The Labute approximate surface area is 108 Å². The van der Waals surface area contributed by atoms with Crippen molar-refractivity contribution in [1.82, 2.24) is 5.09 Å². The summed E-state index contributed by atoms with van der Waals surface area (Å²) in [5.74, 6) is 0. The minimum Gasteiger partial charge on any atom is -0.406 e. The molecule has 3 N–H and O–H groups in total. The van der Waals surface area contributed by atoms with Gasteiger partial charge in [0.2, 0.25) is 0 Å². The first-order valence-corrected chi connectivity index (χ1v) is 7.35. The number of thiocarbonyl (C=S) groups is 1. The molecule has 0 saturated heterocycles. The fourth-order valence-corrected chi connectivity index (χ4v) is 2.74. The van der Waals surface area contributed by atoms with Crippen LogP contribution in [0.25, 0.3) is 0 Å². The highest BCUT2D eigenvalue weighted by molar-refractivity contribution is 7.80. The van der Waals surface area contributed by atoms with Crippen LogP contribution in [0.5, 0.6) is 0 Å². The molecule has 8 heteroatoms. The van der Waals surface area contributed by atoms with Gasteiger partial charge < -0.3 is 15.0 Å². The van der Waals surface area contributed by atoms with Crippen LogP contribution in [0.15, 0.2) is 0 Å². The Bertz CT molecular complexity index is 276. The molecule has 0 aromatic rings. The Hall–Kier alpha value is -0.0400. The molecule has 0 aliphatic rings. The van der Waals surface area contributed by atoms with Gasteiger partial charge in [0.15, 0.2) is 5.05 Å². The van der Waals surface area contributed by atoms with Crippen LogP contribution in [-0.4, -0.2) is 37.5 Å². The smallest absolute Gasteiger partial charge is 0.406 e. The highest BCUT2D eigenvalue weighted by atomic mass is 32.1. The molecule has 0 radical (unpaired) electrons. The highest BCUT2D eigenvalue weighted by Gasteiger charge is 2.27. The summed E-state index contributed by atoms with van der Waals surface area (Å²) in [6, 6.07) is -0.0415. The molecule has 102 valence electrons. The van der Waals surface area contributed by atoms with Crippen molar-refractivity contribution in [3.05, 3.63) is 0 Å². The monoisotopic (exact) mass is 284 g/mol. The quantitative estimate of drug-likeness (QED) is 0.376. The molecule has 0 saturated carbocycles. The number of rotatable bonds is 9. The molecule has 1 atom stereocenters. The van der Waals surface area contributed by atoms with Gasteiger partial charge in [0.1, 0.15) is 0 Å². The first kappa shape index (κ1) is 17.0. The van der Waals surface area contributed by atoms with Crippen LogP contribution < -0.4 is 10.8 Å². The average Bonchev–Trinajstić information content (AvgIpc) is 2.14. The van der Waals surface area contributed by atoms with E-state index in [1.807, 2.05) is 13.8 Å². The lowest BCUT2D eigenvalue weighted by atomic mass is 10.4. The first-order valence-electron chi connectivity index (χ1n) is 5.40. The Kier molecular flexibility index (Phi) is 8.94. The van der Waals surface area contributed by atoms with Gasteiger partial charge in [-0.1, -0.05) is 0 Å². The van der Waals surface area contributed by atoms with Crippen molar-refractivity contribution < 1.29 is 18.3 Å². The zero-order valence-electron chi connectivity index (χ0n) is 10.5. The minimum atomic E-state index is -3.38. The van der Waals surface area contributed by atoms with Crippen molar-refractivity contribution >= 4 is 25.0 Å². The van der Waals surface area contributed by atoms with Gasteiger partial charge in [-0.05, 0) is 26.1 Å². The number of ether oxygens (including phenoxy) is 1. The molecule has 0 fully saturated rings. The summed E-state index contributed by atoms with van der Waals surface area (Å²) in [6.07, 6.45) is 0. The molecule has 6 nitrogen and oxygen atoms in total. The predicted octanol–water partition coefficient (Wildman–Crippen LogP) is 1.45. The third-order valence-electron chi connectivity index (χ3n) is 1.42. The summed E-state index contributed by atoms with van der Waals surface area (Å²) in [4.78, 5) is 0. The summed E-state index contributed by atoms with van der Waals surface area (Å²) in [6.45, 7) is 6.56. The van der Waals surface area contributed by atoms with E-state index < -0.39 is 7.75 Å². The largest absolute Gasteiger partial charge is 0.459 e. The first-order chi connectivity index (χ1) is 7.89. The zero-order chi connectivity index (χ0) is 13.3. The maximum atomic E-state index is 12.1. The zero-order valence-corrected chi connectivity index (χ0v) is 12.2. The Morgan fingerprint density at radius 2 is 2.06 bits per heavy atom. The fraction of sp³-hybridized carbons (Fsp3) is 0.889. The Morgan fingerprint density at radius 1 is 1.41 bits per heavy atom. The molecule has 0 bridgehead atoms. The summed E-state index contributed by atoms with van der Waals surface area (Å²) >= 11 is 4.75. The third-order valence-corrected chi connectivity index (χ3v) is 3.49. The van der Waals surface area contributed by atoms with Crippen molar-refractivity contribution in [1.29, 1.82) is 0 Å². The van der Waals surface area contributed by atoms with Gasteiger partial charge in [-0.3, -0.25) is 4.52 Å². The second kappa shape index (κ2) is 8.97. The molecule has 0 spiro atoms. The Balaban J connectivity index is 4.10. The normalized spacial score (nSPS) is 14.6. The van der Waals surface area contributed by atoms with E-state index in [1.54, 1.807) is 0 Å². The summed E-state index contributed by atoms with van der Waals surface area (Å²) in [7, 11) is -3.38. The molecular formula is C9H21N2O4PS. The molecule has 0 heterocycles. The Morgan fingerprint density at radius 3 is 2.53 bits per heavy atom. The third kappa shape index (κ3) is 9.64. The van der Waals surface area contributed by atoms with E-state index in [1.165, 1.54) is 6.92 Å². The lowest BCUT2D eigenvalue weighted by Gasteiger charge is -2.21. The lowest BCUT2D eigenvalue weighted by Crippen LogP contribution is -2.24. The standard InChI is InChI=1S/C9H21N2O4PS/c1-8(2)11-16(12,15-9(3)17)14-7-6-13-5-4-10/h8H,4-7,10H2,1-3H3,(H,11,12). The SMILES string of the molecule is CC(=S)OP(=O)(NC(C)C)OCCOCCN. The maximum absolute atomic E-state index is 12.1. The molecular weight excluding hydrogens is 263 g/mol. The van der Waals surface area contributed by atoms with E-state index in [-0.39, 0.29) is 17.7 Å². The van der Waals surface area contributed by atoms with E-state index in [4.69, 9.17) is 31.7 Å². The van der Waals surface area contributed by atoms with Crippen LogP contribution >= 0.6 is 20.0 Å². The molecule has 0 amide bonds. The topological polar surface area (TPSA) is 82.8 Å².